The van der Waals surface area contributed by atoms with Crippen LogP contribution in [0.4, 0.5) is 17.1 Å². The lowest BCUT2D eigenvalue weighted by atomic mass is 10.1. The first-order valence-electron chi connectivity index (χ1n) is 8.33. The van der Waals surface area contributed by atoms with E-state index in [9.17, 15) is 4.79 Å². The fourth-order valence-corrected chi connectivity index (χ4v) is 2.66. The molecule has 0 bridgehead atoms. The molecule has 0 saturated heterocycles. The molecule has 4 nitrogen and oxygen atoms in total. The summed E-state index contributed by atoms with van der Waals surface area (Å²) in [5.41, 5.74) is 4.34. The summed E-state index contributed by atoms with van der Waals surface area (Å²) in [5, 5.41) is 2.94. The van der Waals surface area contributed by atoms with E-state index in [0.29, 0.717) is 5.69 Å². The maximum atomic E-state index is 12.4. The number of nitrogens with one attached hydrogen (secondary N) is 1. The van der Waals surface area contributed by atoms with Crippen molar-refractivity contribution in [3.63, 3.8) is 0 Å². The molecule has 0 saturated carbocycles. The topological polar surface area (TPSA) is 45.2 Å². The number of rotatable bonds is 5. The fraction of sp³-hybridized carbons (Fsp3) is 0.143. The number of pyridine rings is 1. The molecule has 3 aromatic rings. The number of aryl methyl sites for hydroxylation is 1. The molecular formula is C21H21N3O. The van der Waals surface area contributed by atoms with Gasteiger partial charge in [0.2, 0.25) is 0 Å². The van der Waals surface area contributed by atoms with E-state index < -0.39 is 0 Å². The molecule has 0 unspecified atom stereocenters. The number of hydrogen-bond acceptors (Lipinski definition) is 3. The van der Waals surface area contributed by atoms with E-state index in [2.05, 4.69) is 17.2 Å². The highest BCUT2D eigenvalue weighted by Crippen LogP contribution is 2.22. The molecule has 1 aromatic heterocycles. The Morgan fingerprint density at radius 3 is 2.36 bits per heavy atom. The quantitative estimate of drug-likeness (QED) is 0.739. The zero-order valence-electron chi connectivity index (χ0n) is 14.4. The molecule has 0 spiro atoms. The van der Waals surface area contributed by atoms with Gasteiger partial charge in [-0.1, -0.05) is 43.3 Å². The predicted octanol–water partition coefficient (Wildman–Crippen LogP) is 4.66. The smallest absolute Gasteiger partial charge is 0.274 e. The average Bonchev–Trinajstić information content (AvgIpc) is 2.68. The van der Waals surface area contributed by atoms with Crippen LogP contribution in [-0.4, -0.2) is 17.9 Å². The molecule has 2 aromatic carbocycles. The molecule has 1 N–H and O–H groups in total. The third-order valence-electron chi connectivity index (χ3n) is 4.16. The Morgan fingerprint density at radius 2 is 1.68 bits per heavy atom. The zero-order chi connectivity index (χ0) is 17.6. The van der Waals surface area contributed by atoms with Crippen molar-refractivity contribution in [1.29, 1.82) is 0 Å². The summed E-state index contributed by atoms with van der Waals surface area (Å²) in [6, 6.07) is 21.5. The Labute approximate surface area is 148 Å². The largest absolute Gasteiger partial charge is 0.343 e. The predicted molar refractivity (Wildman–Crippen MR) is 103 cm³/mol. The molecule has 0 radical (unpaired) electrons. The van der Waals surface area contributed by atoms with Crippen LogP contribution < -0.4 is 10.2 Å². The molecule has 0 aliphatic rings. The maximum absolute atomic E-state index is 12.4. The summed E-state index contributed by atoms with van der Waals surface area (Å²) in [4.78, 5) is 18.8. The number of aromatic nitrogens is 1. The minimum absolute atomic E-state index is 0.199. The van der Waals surface area contributed by atoms with Crippen LogP contribution in [0.5, 0.6) is 0 Å². The van der Waals surface area contributed by atoms with E-state index in [4.69, 9.17) is 0 Å². The normalized spacial score (nSPS) is 10.3. The lowest BCUT2D eigenvalue weighted by molar-refractivity contribution is 0.102. The minimum atomic E-state index is -0.199. The number of carbonyl (C=O) groups excluding carboxylic acids is 1. The van der Waals surface area contributed by atoms with Crippen molar-refractivity contribution >= 4 is 23.0 Å². The van der Waals surface area contributed by atoms with Gasteiger partial charge in [-0.05, 0) is 42.3 Å². The summed E-state index contributed by atoms with van der Waals surface area (Å²) >= 11 is 0. The van der Waals surface area contributed by atoms with Crippen LogP contribution in [0.3, 0.4) is 0 Å². The van der Waals surface area contributed by atoms with Crippen LogP contribution in [-0.2, 0) is 6.42 Å². The molecule has 0 atom stereocenters. The number of para-hydroxylation sites is 2. The molecule has 0 fully saturated rings. The van der Waals surface area contributed by atoms with Crippen LogP contribution in [0, 0.1) is 0 Å². The summed E-state index contributed by atoms with van der Waals surface area (Å²) in [6.45, 7) is 2.07. The van der Waals surface area contributed by atoms with Crippen molar-refractivity contribution in [2.45, 2.75) is 13.3 Å². The first-order valence-corrected chi connectivity index (χ1v) is 8.33. The third-order valence-corrected chi connectivity index (χ3v) is 4.16. The summed E-state index contributed by atoms with van der Waals surface area (Å²) in [7, 11) is 1.98. The van der Waals surface area contributed by atoms with Gasteiger partial charge in [0.15, 0.2) is 0 Å². The van der Waals surface area contributed by atoms with Gasteiger partial charge in [0.05, 0.1) is 11.9 Å². The molecule has 4 heteroatoms. The van der Waals surface area contributed by atoms with Gasteiger partial charge in [0.1, 0.15) is 5.69 Å². The van der Waals surface area contributed by atoms with Gasteiger partial charge in [0, 0.05) is 18.4 Å². The van der Waals surface area contributed by atoms with Crippen molar-refractivity contribution in [3.8, 4) is 0 Å². The highest BCUT2D eigenvalue weighted by molar-refractivity contribution is 6.03. The van der Waals surface area contributed by atoms with Crippen molar-refractivity contribution in [1.82, 2.24) is 4.98 Å². The zero-order valence-corrected chi connectivity index (χ0v) is 14.4. The SMILES string of the molecule is CCc1ccccc1NC(=O)c1ccc(N(C)c2ccccc2)cn1. The minimum Gasteiger partial charge on any atom is -0.343 e. The number of carbonyl (C=O) groups is 1. The summed E-state index contributed by atoms with van der Waals surface area (Å²) < 4.78 is 0. The van der Waals surface area contributed by atoms with E-state index in [0.717, 1.165) is 29.0 Å². The Morgan fingerprint density at radius 1 is 0.960 bits per heavy atom. The first kappa shape index (κ1) is 16.7. The average molecular weight is 331 g/mol. The second-order valence-corrected chi connectivity index (χ2v) is 5.76. The molecule has 3 rings (SSSR count). The van der Waals surface area contributed by atoms with E-state index in [1.165, 1.54) is 0 Å². The van der Waals surface area contributed by atoms with Crippen molar-refractivity contribution in [2.75, 3.05) is 17.3 Å². The Kier molecular flexibility index (Phi) is 5.09. The van der Waals surface area contributed by atoms with Crippen LogP contribution in [0.25, 0.3) is 0 Å². The Bertz CT molecular complexity index is 845. The molecule has 1 heterocycles. The monoisotopic (exact) mass is 331 g/mol. The van der Waals surface area contributed by atoms with Gasteiger partial charge in [-0.15, -0.1) is 0 Å². The molecular weight excluding hydrogens is 310 g/mol. The van der Waals surface area contributed by atoms with Crippen molar-refractivity contribution in [3.05, 3.63) is 84.2 Å². The van der Waals surface area contributed by atoms with Gasteiger partial charge >= 0.3 is 0 Å². The van der Waals surface area contributed by atoms with Crippen LogP contribution in [0.2, 0.25) is 0 Å². The van der Waals surface area contributed by atoms with Crippen LogP contribution >= 0.6 is 0 Å². The first-order chi connectivity index (χ1) is 12.2. The number of amides is 1. The van der Waals surface area contributed by atoms with Crippen molar-refractivity contribution in [2.24, 2.45) is 0 Å². The number of nitrogens with zero attached hydrogens (tertiary/aromatic N) is 2. The standard InChI is InChI=1S/C21H21N3O/c1-3-16-9-7-8-12-19(16)23-21(25)20-14-13-18(15-22-20)24(2)17-10-5-4-6-11-17/h4-15H,3H2,1-2H3,(H,23,25). The lowest BCUT2D eigenvalue weighted by Crippen LogP contribution is -2.16. The van der Waals surface area contributed by atoms with Gasteiger partial charge in [-0.25, -0.2) is 4.98 Å². The van der Waals surface area contributed by atoms with Crippen molar-refractivity contribution < 1.29 is 4.79 Å². The fourth-order valence-electron chi connectivity index (χ4n) is 2.66. The van der Waals surface area contributed by atoms with Gasteiger partial charge < -0.3 is 10.2 Å². The van der Waals surface area contributed by atoms with E-state index in [-0.39, 0.29) is 5.91 Å². The molecule has 25 heavy (non-hydrogen) atoms. The molecule has 0 aliphatic heterocycles. The maximum Gasteiger partial charge on any atom is 0.274 e. The van der Waals surface area contributed by atoms with Gasteiger partial charge in [-0.2, -0.15) is 0 Å². The van der Waals surface area contributed by atoms with Crippen LogP contribution in [0.15, 0.2) is 72.9 Å². The molecule has 1 amide bonds. The van der Waals surface area contributed by atoms with E-state index in [1.54, 1.807) is 12.3 Å². The van der Waals surface area contributed by atoms with Gasteiger partial charge in [0.25, 0.3) is 5.91 Å². The Hall–Kier alpha value is -3.14. The van der Waals surface area contributed by atoms with E-state index in [1.807, 2.05) is 72.6 Å². The third kappa shape index (κ3) is 3.86. The highest BCUT2D eigenvalue weighted by atomic mass is 16.1. The molecule has 0 aliphatic carbocycles. The summed E-state index contributed by atoms with van der Waals surface area (Å²) in [5.74, 6) is -0.199. The highest BCUT2D eigenvalue weighted by Gasteiger charge is 2.11. The number of hydrogen-bond donors (Lipinski definition) is 1. The van der Waals surface area contributed by atoms with Gasteiger partial charge in [-0.3, -0.25) is 4.79 Å². The molecule has 126 valence electrons. The Balaban J connectivity index is 1.75. The van der Waals surface area contributed by atoms with Crippen LogP contribution in [0.1, 0.15) is 23.0 Å². The second-order valence-electron chi connectivity index (χ2n) is 5.76. The number of anilines is 3. The number of benzene rings is 2. The summed E-state index contributed by atoms with van der Waals surface area (Å²) in [6.07, 6.45) is 2.58. The van der Waals surface area contributed by atoms with E-state index >= 15 is 0 Å². The lowest BCUT2D eigenvalue weighted by Gasteiger charge is -2.19. The second kappa shape index (κ2) is 7.62.